The molecule has 2 nitrogen and oxygen atoms in total. The van der Waals surface area contributed by atoms with Crippen LogP contribution in [0, 0.1) is 0 Å². The van der Waals surface area contributed by atoms with Crippen LogP contribution in [0.3, 0.4) is 0 Å². The van der Waals surface area contributed by atoms with E-state index in [9.17, 15) is 0 Å². The van der Waals surface area contributed by atoms with Crippen LogP contribution in [0.5, 0.6) is 11.5 Å². The van der Waals surface area contributed by atoms with Crippen LogP contribution in [0.25, 0.3) is 22.3 Å². The first-order valence-corrected chi connectivity index (χ1v) is 20.4. The fourth-order valence-corrected chi connectivity index (χ4v) is 10.3. The van der Waals surface area contributed by atoms with E-state index >= 15 is 0 Å². The summed E-state index contributed by atoms with van der Waals surface area (Å²) in [6.45, 7) is 0. The first kappa shape index (κ1) is 19.3. The zero-order valence-corrected chi connectivity index (χ0v) is 19.8. The topological polar surface area (TPSA) is 18.5 Å². The van der Waals surface area contributed by atoms with Crippen LogP contribution in [-0.4, -0.2) is 34.5 Å². The molecule has 3 aromatic rings. The van der Waals surface area contributed by atoms with Crippen molar-refractivity contribution in [2.45, 2.75) is 14.2 Å². The number of ether oxygens (including phenoxy) is 2. The molecular weight excluding hydrogens is 537 g/mol. The molecule has 0 amide bonds. The number of hydrogen-bond donors (Lipinski definition) is 0. The molecule has 3 aromatic carbocycles. The van der Waals surface area contributed by atoms with Gasteiger partial charge < -0.3 is 0 Å². The van der Waals surface area contributed by atoms with Crippen molar-refractivity contribution in [2.75, 3.05) is 14.2 Å². The fourth-order valence-electron chi connectivity index (χ4n) is 2.81. The van der Waals surface area contributed by atoms with Crippen LogP contribution in [0.1, 0.15) is 0 Å². The Kier molecular flexibility index (Phi) is 6.61. The Hall–Kier alpha value is -1.51. The average Bonchev–Trinajstić information content (AvgIpc) is 2.68. The van der Waals surface area contributed by atoms with Crippen molar-refractivity contribution in [3.05, 3.63) is 66.7 Å². The summed E-state index contributed by atoms with van der Waals surface area (Å²) in [7, 11) is 5.51. The molecule has 4 heteroatoms. The molecule has 0 aromatic heterocycles. The van der Waals surface area contributed by atoms with Crippen LogP contribution in [0.4, 0.5) is 0 Å². The van der Waals surface area contributed by atoms with Gasteiger partial charge in [0.15, 0.2) is 0 Å². The molecule has 0 bridgehead atoms. The van der Waals surface area contributed by atoms with E-state index in [2.05, 4.69) is 60.2 Å². The zero-order valence-electron chi connectivity index (χ0n) is 15.5. The van der Waals surface area contributed by atoms with Gasteiger partial charge in [-0.3, -0.25) is 0 Å². The Labute approximate surface area is 166 Å². The molecule has 0 aliphatic heterocycles. The zero-order chi connectivity index (χ0) is 18.5. The molecule has 134 valence electrons. The third-order valence-corrected chi connectivity index (χ3v) is 11.5. The Morgan fingerprint density at radius 2 is 1.08 bits per heavy atom. The van der Waals surface area contributed by atoms with Crippen molar-refractivity contribution in [2.24, 2.45) is 0 Å². The fraction of sp³-hybridized carbons (Fsp3) is 0.182. The summed E-state index contributed by atoms with van der Waals surface area (Å²) in [4.78, 5) is 1.39. The van der Waals surface area contributed by atoms with Gasteiger partial charge in [0.1, 0.15) is 0 Å². The molecule has 3 rings (SSSR count). The van der Waals surface area contributed by atoms with Crippen molar-refractivity contribution in [3.63, 3.8) is 0 Å². The minimum atomic E-state index is -1.50. The van der Waals surface area contributed by atoms with Gasteiger partial charge in [0.05, 0.1) is 0 Å². The first-order chi connectivity index (χ1) is 12.6. The predicted octanol–water partition coefficient (Wildman–Crippen LogP) is 6.38. The minimum absolute atomic E-state index is 0.886. The molecule has 0 heterocycles. The summed E-state index contributed by atoms with van der Waals surface area (Å²) >= 11 is -1.50. The summed E-state index contributed by atoms with van der Waals surface area (Å²) in [5.74, 6) is 1.77. The van der Waals surface area contributed by atoms with E-state index in [4.69, 9.17) is 9.47 Å². The maximum absolute atomic E-state index is 5.31. The van der Waals surface area contributed by atoms with Gasteiger partial charge in [0, 0.05) is 0 Å². The van der Waals surface area contributed by atoms with Crippen LogP contribution < -0.4 is 9.47 Å². The standard InChI is InChI=1S/C20H18O2S.2CH3.Bi/c1-21-16-10-6-14(7-11-16)18-4-3-5-19(20(18)23)15-8-12-17(22-2)13-9-15;;;/h3-13,23H,1-2H3;2*1H3;/q;;;+1/p-1. The van der Waals surface area contributed by atoms with Crippen LogP contribution >= 0.6 is 8.52 Å². The second-order valence-corrected chi connectivity index (χ2v) is 21.5. The van der Waals surface area contributed by atoms with Gasteiger partial charge in [-0.2, -0.15) is 0 Å². The summed E-state index contributed by atoms with van der Waals surface area (Å²) in [6.07, 6.45) is 0. The van der Waals surface area contributed by atoms with Crippen LogP contribution in [0.2, 0.25) is 9.26 Å². The second kappa shape index (κ2) is 8.93. The van der Waals surface area contributed by atoms with Crippen molar-refractivity contribution in [3.8, 4) is 33.8 Å². The molecule has 0 atom stereocenters. The molecule has 26 heavy (non-hydrogen) atoms. The Morgan fingerprint density at radius 1 is 0.654 bits per heavy atom. The maximum atomic E-state index is 5.31. The Bertz CT molecular complexity index is 793. The monoisotopic (exact) mass is 560 g/mol. The predicted molar refractivity (Wildman–Crippen MR) is 114 cm³/mol. The van der Waals surface area contributed by atoms with Gasteiger partial charge >= 0.3 is 167 Å². The van der Waals surface area contributed by atoms with Crippen molar-refractivity contribution < 1.29 is 9.47 Å². The average molecular weight is 560 g/mol. The van der Waals surface area contributed by atoms with E-state index < -0.39 is 20.3 Å². The van der Waals surface area contributed by atoms with Crippen LogP contribution in [0.15, 0.2) is 71.6 Å². The molecule has 0 saturated carbocycles. The van der Waals surface area contributed by atoms with Crippen molar-refractivity contribution in [1.82, 2.24) is 0 Å². The number of methoxy groups -OCH3 is 2. The third-order valence-electron chi connectivity index (χ3n) is 4.09. The first-order valence-electron chi connectivity index (χ1n) is 8.39. The number of benzene rings is 3. The van der Waals surface area contributed by atoms with Gasteiger partial charge in [-0.05, 0) is 0 Å². The van der Waals surface area contributed by atoms with Gasteiger partial charge in [-0.1, -0.05) is 0 Å². The van der Waals surface area contributed by atoms with E-state index in [1.807, 2.05) is 24.3 Å². The van der Waals surface area contributed by atoms with E-state index in [0.29, 0.717) is 0 Å². The molecule has 0 spiro atoms. The van der Waals surface area contributed by atoms with E-state index in [-0.39, 0.29) is 0 Å². The van der Waals surface area contributed by atoms with Gasteiger partial charge in [-0.25, -0.2) is 0 Å². The summed E-state index contributed by atoms with van der Waals surface area (Å²) in [6, 6.07) is 23.3. The SMILES string of the molecule is COc1ccc(-c2cccc(-c3ccc(OC)cc3)c2[S][Bi]([CH3])[CH3])cc1. The van der Waals surface area contributed by atoms with E-state index in [1.165, 1.54) is 27.1 Å². The Balaban J connectivity index is 2.11. The van der Waals surface area contributed by atoms with Crippen molar-refractivity contribution >= 4 is 28.8 Å². The van der Waals surface area contributed by atoms with E-state index in [0.717, 1.165) is 11.5 Å². The third kappa shape index (κ3) is 4.42. The number of hydrogen-bond acceptors (Lipinski definition) is 3. The second-order valence-electron chi connectivity index (χ2n) is 6.04. The normalized spacial score (nSPS) is 10.8. The summed E-state index contributed by atoms with van der Waals surface area (Å²) in [5, 5.41) is 0. The number of rotatable bonds is 6. The molecular formula is C22H23BiO2S. The van der Waals surface area contributed by atoms with E-state index in [1.54, 1.807) is 14.2 Å². The molecule has 0 radical (unpaired) electrons. The molecule has 0 fully saturated rings. The van der Waals surface area contributed by atoms with Crippen LogP contribution in [-0.2, 0) is 0 Å². The van der Waals surface area contributed by atoms with Gasteiger partial charge in [0.25, 0.3) is 0 Å². The van der Waals surface area contributed by atoms with Crippen molar-refractivity contribution in [1.29, 1.82) is 0 Å². The summed E-state index contributed by atoms with van der Waals surface area (Å²) < 4.78 is 15.5. The van der Waals surface area contributed by atoms with Gasteiger partial charge in [0.2, 0.25) is 0 Å². The molecule has 0 aliphatic carbocycles. The molecule has 0 N–H and O–H groups in total. The summed E-state index contributed by atoms with van der Waals surface area (Å²) in [5.41, 5.74) is 5.06. The van der Waals surface area contributed by atoms with Gasteiger partial charge in [-0.15, -0.1) is 0 Å². The Morgan fingerprint density at radius 3 is 1.42 bits per heavy atom. The molecule has 0 aliphatic rings. The molecule has 0 unspecified atom stereocenters. The molecule has 0 saturated heterocycles. The quantitative estimate of drug-likeness (QED) is 0.326.